The molecule has 0 spiro atoms. The predicted molar refractivity (Wildman–Crippen MR) is 101 cm³/mol. The van der Waals surface area contributed by atoms with Crippen molar-refractivity contribution in [1.82, 2.24) is 5.32 Å². The zero-order valence-corrected chi connectivity index (χ0v) is 15.7. The number of hydrogen-bond acceptors (Lipinski definition) is 4. The third-order valence-electron chi connectivity index (χ3n) is 4.26. The lowest BCUT2D eigenvalue weighted by Crippen LogP contribution is -2.23. The SMILES string of the molecule is CCOc1cc2c(cc1CNC(=O)CCCc1cccs1)O[C@@H](C)C2. The Bertz CT molecular complexity index is 712. The van der Waals surface area contributed by atoms with Crippen molar-refractivity contribution < 1.29 is 14.3 Å². The van der Waals surface area contributed by atoms with Gasteiger partial charge in [0, 0.05) is 35.4 Å². The van der Waals surface area contributed by atoms with E-state index >= 15 is 0 Å². The van der Waals surface area contributed by atoms with Crippen molar-refractivity contribution in [2.75, 3.05) is 6.61 Å². The second kappa shape index (κ2) is 8.39. The number of rotatable bonds is 8. The maximum absolute atomic E-state index is 12.1. The largest absolute Gasteiger partial charge is 0.494 e. The van der Waals surface area contributed by atoms with E-state index in [2.05, 4.69) is 29.8 Å². The normalized spacial score (nSPS) is 15.5. The van der Waals surface area contributed by atoms with Crippen molar-refractivity contribution in [3.63, 3.8) is 0 Å². The van der Waals surface area contributed by atoms with Crippen LogP contribution in [0.1, 0.15) is 42.7 Å². The molecule has 0 saturated heterocycles. The summed E-state index contributed by atoms with van der Waals surface area (Å²) in [7, 11) is 0. The van der Waals surface area contributed by atoms with E-state index in [0.29, 0.717) is 19.6 Å². The van der Waals surface area contributed by atoms with Crippen LogP contribution in [0, 0.1) is 0 Å². The monoisotopic (exact) mass is 359 g/mol. The van der Waals surface area contributed by atoms with Crippen LogP contribution in [-0.2, 0) is 24.2 Å². The van der Waals surface area contributed by atoms with Gasteiger partial charge in [-0.15, -0.1) is 11.3 Å². The smallest absolute Gasteiger partial charge is 0.220 e. The number of ether oxygens (including phenoxy) is 2. The Morgan fingerprint density at radius 3 is 3.08 bits per heavy atom. The molecular weight excluding hydrogens is 334 g/mol. The minimum atomic E-state index is 0.0776. The molecule has 4 nitrogen and oxygen atoms in total. The number of fused-ring (bicyclic) bond motifs is 1. The third-order valence-corrected chi connectivity index (χ3v) is 5.20. The summed E-state index contributed by atoms with van der Waals surface area (Å²) in [6.45, 7) is 5.11. The Hall–Kier alpha value is -2.01. The number of nitrogens with one attached hydrogen (secondary N) is 1. The van der Waals surface area contributed by atoms with Crippen LogP contribution < -0.4 is 14.8 Å². The van der Waals surface area contributed by atoms with Crippen LogP contribution in [0.3, 0.4) is 0 Å². The van der Waals surface area contributed by atoms with Gasteiger partial charge in [0.2, 0.25) is 5.91 Å². The number of amides is 1. The lowest BCUT2D eigenvalue weighted by atomic mass is 10.1. The minimum Gasteiger partial charge on any atom is -0.494 e. The highest BCUT2D eigenvalue weighted by Crippen LogP contribution is 2.35. The van der Waals surface area contributed by atoms with Gasteiger partial charge in [-0.05, 0) is 50.3 Å². The first-order valence-electron chi connectivity index (χ1n) is 8.90. The molecule has 3 rings (SSSR count). The van der Waals surface area contributed by atoms with E-state index in [-0.39, 0.29) is 12.0 Å². The molecule has 1 aliphatic heterocycles. The highest BCUT2D eigenvalue weighted by atomic mass is 32.1. The van der Waals surface area contributed by atoms with Crippen molar-refractivity contribution in [1.29, 1.82) is 0 Å². The van der Waals surface area contributed by atoms with Crippen LogP contribution in [0.15, 0.2) is 29.6 Å². The van der Waals surface area contributed by atoms with E-state index in [1.807, 2.05) is 19.1 Å². The summed E-state index contributed by atoms with van der Waals surface area (Å²) in [5, 5.41) is 5.08. The highest BCUT2D eigenvalue weighted by molar-refractivity contribution is 7.09. The molecule has 0 fully saturated rings. The first-order valence-corrected chi connectivity index (χ1v) is 9.78. The maximum Gasteiger partial charge on any atom is 0.220 e. The molecular formula is C20H25NO3S. The second-order valence-corrected chi connectivity index (χ2v) is 7.38. The number of thiophene rings is 1. The molecule has 5 heteroatoms. The van der Waals surface area contributed by atoms with Gasteiger partial charge in [0.05, 0.1) is 6.61 Å². The average molecular weight is 359 g/mol. The summed E-state index contributed by atoms with van der Waals surface area (Å²) in [6.07, 6.45) is 3.48. The van der Waals surface area contributed by atoms with Gasteiger partial charge in [0.25, 0.3) is 0 Å². The zero-order chi connectivity index (χ0) is 17.6. The minimum absolute atomic E-state index is 0.0776. The van der Waals surface area contributed by atoms with E-state index in [0.717, 1.165) is 36.3 Å². The Morgan fingerprint density at radius 1 is 1.44 bits per heavy atom. The predicted octanol–water partition coefficient (Wildman–Crippen LogP) is 4.11. The standard InChI is InChI=1S/C20H25NO3S/c1-3-23-18-11-15-10-14(2)24-19(15)12-16(18)13-21-20(22)8-4-6-17-7-5-9-25-17/h5,7,9,11-12,14H,3-4,6,8,10,13H2,1-2H3,(H,21,22)/t14-/m0/s1. The van der Waals surface area contributed by atoms with Crippen LogP contribution in [0.4, 0.5) is 0 Å². The zero-order valence-electron chi connectivity index (χ0n) is 14.8. The Kier molecular flexibility index (Phi) is 5.97. The molecule has 2 heterocycles. The summed E-state index contributed by atoms with van der Waals surface area (Å²) in [5.74, 6) is 1.84. The van der Waals surface area contributed by atoms with Crippen LogP contribution in [0.25, 0.3) is 0 Å². The quantitative estimate of drug-likeness (QED) is 0.772. The number of hydrogen-bond donors (Lipinski definition) is 1. The van der Waals surface area contributed by atoms with Gasteiger partial charge in [-0.3, -0.25) is 4.79 Å². The fourth-order valence-corrected chi connectivity index (χ4v) is 3.82. The van der Waals surface area contributed by atoms with Crippen LogP contribution in [0.5, 0.6) is 11.5 Å². The lowest BCUT2D eigenvalue weighted by molar-refractivity contribution is -0.121. The fourth-order valence-electron chi connectivity index (χ4n) is 3.07. The summed E-state index contributed by atoms with van der Waals surface area (Å²) in [6, 6.07) is 8.23. The molecule has 1 aromatic carbocycles. The Balaban J connectivity index is 1.54. The van der Waals surface area contributed by atoms with Gasteiger partial charge in [-0.1, -0.05) is 6.07 Å². The van der Waals surface area contributed by atoms with Gasteiger partial charge >= 0.3 is 0 Å². The van der Waals surface area contributed by atoms with Crippen molar-refractivity contribution in [3.05, 3.63) is 45.6 Å². The molecule has 0 aliphatic carbocycles. The third kappa shape index (κ3) is 4.75. The summed E-state index contributed by atoms with van der Waals surface area (Å²) < 4.78 is 11.6. The van der Waals surface area contributed by atoms with Gasteiger partial charge < -0.3 is 14.8 Å². The molecule has 2 aromatic rings. The molecule has 0 saturated carbocycles. The Labute approximate surface area is 153 Å². The number of carbonyl (C=O) groups excluding carboxylic acids is 1. The van der Waals surface area contributed by atoms with Gasteiger partial charge in [0.1, 0.15) is 17.6 Å². The first-order chi connectivity index (χ1) is 12.2. The van der Waals surface area contributed by atoms with Crippen LogP contribution >= 0.6 is 11.3 Å². The maximum atomic E-state index is 12.1. The molecule has 0 unspecified atom stereocenters. The molecule has 1 aromatic heterocycles. The topological polar surface area (TPSA) is 47.6 Å². The van der Waals surface area contributed by atoms with Crippen molar-refractivity contribution in [2.45, 2.75) is 52.2 Å². The number of aryl methyl sites for hydroxylation is 1. The molecule has 1 amide bonds. The van der Waals surface area contributed by atoms with E-state index in [1.54, 1.807) is 11.3 Å². The van der Waals surface area contributed by atoms with E-state index < -0.39 is 0 Å². The summed E-state index contributed by atoms with van der Waals surface area (Å²) in [4.78, 5) is 13.4. The second-order valence-electron chi connectivity index (χ2n) is 6.34. The molecule has 25 heavy (non-hydrogen) atoms. The number of benzene rings is 1. The summed E-state index contributed by atoms with van der Waals surface area (Å²) in [5.41, 5.74) is 2.16. The highest BCUT2D eigenvalue weighted by Gasteiger charge is 2.22. The van der Waals surface area contributed by atoms with Crippen molar-refractivity contribution in [3.8, 4) is 11.5 Å². The van der Waals surface area contributed by atoms with E-state index in [1.165, 1.54) is 10.4 Å². The average Bonchev–Trinajstić information content (AvgIpc) is 3.21. The lowest BCUT2D eigenvalue weighted by Gasteiger charge is -2.13. The van der Waals surface area contributed by atoms with Crippen molar-refractivity contribution >= 4 is 17.2 Å². The molecule has 134 valence electrons. The molecule has 0 bridgehead atoms. The van der Waals surface area contributed by atoms with Crippen molar-refractivity contribution in [2.24, 2.45) is 0 Å². The van der Waals surface area contributed by atoms with Gasteiger partial charge in [0.15, 0.2) is 0 Å². The number of carbonyl (C=O) groups is 1. The fraction of sp³-hybridized carbons (Fsp3) is 0.450. The molecule has 1 N–H and O–H groups in total. The van der Waals surface area contributed by atoms with Gasteiger partial charge in [-0.2, -0.15) is 0 Å². The molecule has 0 radical (unpaired) electrons. The van der Waals surface area contributed by atoms with Gasteiger partial charge in [-0.25, -0.2) is 0 Å². The van der Waals surface area contributed by atoms with Crippen LogP contribution in [-0.4, -0.2) is 18.6 Å². The van der Waals surface area contributed by atoms with E-state index in [4.69, 9.17) is 9.47 Å². The first kappa shape index (κ1) is 17.8. The Morgan fingerprint density at radius 2 is 2.32 bits per heavy atom. The van der Waals surface area contributed by atoms with E-state index in [9.17, 15) is 4.79 Å². The summed E-state index contributed by atoms with van der Waals surface area (Å²) >= 11 is 1.74. The van der Waals surface area contributed by atoms with Crippen LogP contribution in [0.2, 0.25) is 0 Å². The molecule has 1 atom stereocenters. The molecule has 1 aliphatic rings.